The van der Waals surface area contributed by atoms with Crippen LogP contribution in [0.5, 0.6) is 0 Å². The summed E-state index contributed by atoms with van der Waals surface area (Å²) in [6.07, 6.45) is 0. The largest absolute Gasteiger partial charge is 0.478 e. The van der Waals surface area contributed by atoms with Crippen molar-refractivity contribution in [1.82, 2.24) is 4.31 Å². The maximum Gasteiger partial charge on any atom is 0.336 e. The number of carboxylic acids is 1. The van der Waals surface area contributed by atoms with Gasteiger partial charge < -0.3 is 5.11 Å². The molecule has 1 fully saturated rings. The number of aromatic carboxylic acids is 1. The molecule has 2 heterocycles. The predicted molar refractivity (Wildman–Crippen MR) is 72.0 cm³/mol. The maximum absolute atomic E-state index is 12.4. The van der Waals surface area contributed by atoms with Crippen LogP contribution in [0.15, 0.2) is 15.7 Å². The van der Waals surface area contributed by atoms with Crippen molar-refractivity contribution in [1.29, 1.82) is 0 Å². The minimum absolute atomic E-state index is 0.0256. The smallest absolute Gasteiger partial charge is 0.336 e. The molecule has 0 radical (unpaired) electrons. The molecule has 0 saturated carbocycles. The van der Waals surface area contributed by atoms with Crippen molar-refractivity contribution in [3.8, 4) is 0 Å². The molecule has 1 aliphatic heterocycles. The fraction of sp³-hybridized carbons (Fsp3) is 0.500. The van der Waals surface area contributed by atoms with E-state index in [0.29, 0.717) is 6.54 Å². The molecule has 0 aromatic carbocycles. The lowest BCUT2D eigenvalue weighted by Crippen LogP contribution is -2.44. The lowest BCUT2D eigenvalue weighted by atomic mass is 10.4. The molecule has 18 heavy (non-hydrogen) atoms. The zero-order chi connectivity index (χ0) is 13.3. The van der Waals surface area contributed by atoms with E-state index >= 15 is 0 Å². The quantitative estimate of drug-likeness (QED) is 0.917. The van der Waals surface area contributed by atoms with Gasteiger partial charge in [0.25, 0.3) is 10.0 Å². The SMILES string of the molecule is CC1CSCCN1S(=O)(=O)c1cc(C(=O)O)cs1. The highest BCUT2D eigenvalue weighted by Gasteiger charge is 2.32. The van der Waals surface area contributed by atoms with Gasteiger partial charge in [0.1, 0.15) is 4.21 Å². The summed E-state index contributed by atoms with van der Waals surface area (Å²) in [6.45, 7) is 2.35. The van der Waals surface area contributed by atoms with Gasteiger partial charge in [0, 0.05) is 29.5 Å². The first-order valence-corrected chi connectivity index (χ1v) is 8.82. The molecule has 0 amide bonds. The Kier molecular flexibility index (Phi) is 4.00. The van der Waals surface area contributed by atoms with Crippen molar-refractivity contribution in [2.75, 3.05) is 18.1 Å². The van der Waals surface area contributed by atoms with Crippen molar-refractivity contribution in [2.24, 2.45) is 0 Å². The van der Waals surface area contributed by atoms with E-state index in [2.05, 4.69) is 0 Å². The third kappa shape index (κ3) is 2.56. The number of thioether (sulfide) groups is 1. The van der Waals surface area contributed by atoms with Crippen molar-refractivity contribution in [3.63, 3.8) is 0 Å². The number of carbonyl (C=O) groups is 1. The maximum atomic E-state index is 12.4. The average molecular weight is 307 g/mol. The third-order valence-corrected chi connectivity index (χ3v) is 7.31. The fourth-order valence-corrected chi connectivity index (χ4v) is 5.88. The van der Waals surface area contributed by atoms with Crippen molar-refractivity contribution >= 4 is 39.1 Å². The second kappa shape index (κ2) is 5.20. The first kappa shape index (κ1) is 13.9. The van der Waals surface area contributed by atoms with Gasteiger partial charge in [-0.15, -0.1) is 11.3 Å². The molecule has 100 valence electrons. The molecule has 1 aromatic heterocycles. The van der Waals surface area contributed by atoms with Crippen LogP contribution >= 0.6 is 23.1 Å². The summed E-state index contributed by atoms with van der Waals surface area (Å²) in [4.78, 5) is 10.8. The zero-order valence-electron chi connectivity index (χ0n) is 9.70. The Labute approximate surface area is 114 Å². The van der Waals surface area contributed by atoms with Crippen LogP contribution in [0.1, 0.15) is 17.3 Å². The summed E-state index contributed by atoms with van der Waals surface area (Å²) in [7, 11) is -3.55. The van der Waals surface area contributed by atoms with E-state index in [1.807, 2.05) is 6.92 Å². The molecule has 1 saturated heterocycles. The normalized spacial score (nSPS) is 21.9. The van der Waals surface area contributed by atoms with E-state index in [1.165, 1.54) is 15.8 Å². The van der Waals surface area contributed by atoms with Crippen LogP contribution in [0, 0.1) is 0 Å². The lowest BCUT2D eigenvalue weighted by molar-refractivity contribution is 0.0697. The van der Waals surface area contributed by atoms with Gasteiger partial charge >= 0.3 is 5.97 Å². The molecular formula is C10H13NO4S3. The highest BCUT2D eigenvalue weighted by molar-refractivity contribution is 7.99. The number of hydrogen-bond donors (Lipinski definition) is 1. The highest BCUT2D eigenvalue weighted by Crippen LogP contribution is 2.28. The minimum Gasteiger partial charge on any atom is -0.478 e. The molecular weight excluding hydrogens is 294 g/mol. The van der Waals surface area contributed by atoms with Crippen LogP contribution in [0.4, 0.5) is 0 Å². The Morgan fingerprint density at radius 2 is 2.28 bits per heavy atom. The summed E-state index contributed by atoms with van der Waals surface area (Å²) < 4.78 is 26.3. The van der Waals surface area contributed by atoms with Gasteiger partial charge in [-0.2, -0.15) is 16.1 Å². The molecule has 0 spiro atoms. The molecule has 1 aromatic rings. The Hall–Kier alpha value is -0.570. The van der Waals surface area contributed by atoms with Crippen LogP contribution in [0.3, 0.4) is 0 Å². The summed E-state index contributed by atoms with van der Waals surface area (Å²) in [5.41, 5.74) is 0.0256. The average Bonchev–Trinajstić information content (AvgIpc) is 2.79. The van der Waals surface area contributed by atoms with Gasteiger partial charge in [-0.1, -0.05) is 0 Å². The highest BCUT2D eigenvalue weighted by atomic mass is 32.2. The van der Waals surface area contributed by atoms with E-state index < -0.39 is 16.0 Å². The number of nitrogens with zero attached hydrogens (tertiary/aromatic N) is 1. The van der Waals surface area contributed by atoms with Crippen molar-refractivity contribution < 1.29 is 18.3 Å². The molecule has 1 N–H and O–H groups in total. The van der Waals surface area contributed by atoms with Gasteiger partial charge in [-0.25, -0.2) is 13.2 Å². The Balaban J connectivity index is 2.31. The zero-order valence-corrected chi connectivity index (χ0v) is 12.1. The summed E-state index contributed by atoms with van der Waals surface area (Å²) in [6, 6.07) is 1.18. The molecule has 1 aliphatic rings. The molecule has 0 aliphatic carbocycles. The lowest BCUT2D eigenvalue weighted by Gasteiger charge is -2.31. The Morgan fingerprint density at radius 3 is 2.83 bits per heavy atom. The second-order valence-electron chi connectivity index (χ2n) is 4.00. The molecule has 0 bridgehead atoms. The number of carboxylic acid groups (broad SMARTS) is 1. The summed E-state index contributed by atoms with van der Waals surface area (Å²) in [5, 5.41) is 10.2. The van der Waals surface area contributed by atoms with Crippen LogP contribution in [0.2, 0.25) is 0 Å². The summed E-state index contributed by atoms with van der Waals surface area (Å²) >= 11 is 2.69. The van der Waals surface area contributed by atoms with E-state index in [4.69, 9.17) is 5.11 Å². The first-order chi connectivity index (χ1) is 8.43. The Morgan fingerprint density at radius 1 is 1.56 bits per heavy atom. The third-order valence-electron chi connectivity index (χ3n) is 2.69. The van der Waals surface area contributed by atoms with E-state index in [1.54, 1.807) is 11.8 Å². The van der Waals surface area contributed by atoms with Crippen LogP contribution in [0.25, 0.3) is 0 Å². The standard InChI is InChI=1S/C10H13NO4S3/c1-7-5-16-3-2-11(7)18(14,15)9-4-8(6-17-9)10(12)13/h4,6-7H,2-3,5H2,1H3,(H,12,13). The van der Waals surface area contributed by atoms with Crippen LogP contribution in [-0.4, -0.2) is 47.9 Å². The van der Waals surface area contributed by atoms with E-state index in [0.717, 1.165) is 22.8 Å². The first-order valence-electron chi connectivity index (χ1n) is 5.34. The monoisotopic (exact) mass is 307 g/mol. The second-order valence-corrected chi connectivity index (χ2v) is 8.18. The van der Waals surface area contributed by atoms with Crippen molar-refractivity contribution in [2.45, 2.75) is 17.2 Å². The number of thiophene rings is 1. The number of sulfonamides is 1. The van der Waals surface area contributed by atoms with Crippen molar-refractivity contribution in [3.05, 3.63) is 17.0 Å². The fourth-order valence-electron chi connectivity index (χ4n) is 1.75. The van der Waals surface area contributed by atoms with Gasteiger partial charge in [0.05, 0.1) is 5.56 Å². The van der Waals surface area contributed by atoms with E-state index in [-0.39, 0.29) is 15.8 Å². The molecule has 8 heteroatoms. The molecule has 1 unspecified atom stereocenters. The van der Waals surface area contributed by atoms with Gasteiger partial charge in [0.15, 0.2) is 0 Å². The molecule has 2 rings (SSSR count). The Bertz CT molecular complexity index is 551. The molecule has 1 atom stereocenters. The van der Waals surface area contributed by atoms with Gasteiger partial charge in [-0.05, 0) is 13.0 Å². The molecule has 5 nitrogen and oxygen atoms in total. The number of rotatable bonds is 3. The van der Waals surface area contributed by atoms with Gasteiger partial charge in [0.2, 0.25) is 0 Å². The van der Waals surface area contributed by atoms with Crippen LogP contribution in [-0.2, 0) is 10.0 Å². The number of hydrogen-bond acceptors (Lipinski definition) is 5. The van der Waals surface area contributed by atoms with Crippen LogP contribution < -0.4 is 0 Å². The van der Waals surface area contributed by atoms with Gasteiger partial charge in [-0.3, -0.25) is 0 Å². The topological polar surface area (TPSA) is 74.7 Å². The summed E-state index contributed by atoms with van der Waals surface area (Å²) in [5.74, 6) is 0.451. The minimum atomic E-state index is -3.55. The predicted octanol–water partition coefficient (Wildman–Crippen LogP) is 1.57. The van der Waals surface area contributed by atoms with E-state index in [9.17, 15) is 13.2 Å².